The van der Waals surface area contributed by atoms with Gasteiger partial charge in [-0.05, 0) is 59.7 Å². The first kappa shape index (κ1) is 27.9. The number of nitrogens with one attached hydrogen (secondary N) is 3. The van der Waals surface area contributed by atoms with Crippen molar-refractivity contribution in [3.8, 4) is 0 Å². The molecular formula is C35H34N5PS. The Labute approximate surface area is 255 Å². The standard InChI is InChI=1S/C35H34N5PS/c42-35(38-30-20-10-3-11-21-30)36-26-27-37-41-39(31-22-12-4-13-23-31)33(28-16-6-1-7-17-28)34(29-18-8-2-9-19-29)40(41)32-24-14-5-15-25-32/h1-25,33-34,37H,26-27H2,(H2,36,38,42)/t33-,34-/m1/s1. The molecule has 5 aromatic rings. The summed E-state index contributed by atoms with van der Waals surface area (Å²) in [5.74, 6) is 0. The minimum Gasteiger partial charge on any atom is -0.361 e. The normalized spacial score (nSPS) is 16.8. The third kappa shape index (κ3) is 6.32. The van der Waals surface area contributed by atoms with Crippen LogP contribution >= 0.6 is 20.6 Å². The van der Waals surface area contributed by atoms with E-state index >= 15 is 0 Å². The Kier molecular flexibility index (Phi) is 9.06. The third-order valence-corrected chi connectivity index (χ3v) is 9.78. The zero-order valence-electron chi connectivity index (χ0n) is 23.3. The van der Waals surface area contributed by atoms with Gasteiger partial charge in [0.15, 0.2) is 13.5 Å². The van der Waals surface area contributed by atoms with E-state index in [-0.39, 0.29) is 12.1 Å². The molecule has 0 amide bonds. The van der Waals surface area contributed by atoms with Gasteiger partial charge in [0.1, 0.15) is 0 Å². The van der Waals surface area contributed by atoms with Crippen LogP contribution in [0.4, 0.5) is 17.1 Å². The predicted octanol–water partition coefficient (Wildman–Crippen LogP) is 8.30. The van der Waals surface area contributed by atoms with Gasteiger partial charge >= 0.3 is 0 Å². The van der Waals surface area contributed by atoms with E-state index in [1.165, 1.54) is 22.5 Å². The van der Waals surface area contributed by atoms with E-state index in [9.17, 15) is 0 Å². The van der Waals surface area contributed by atoms with Crippen LogP contribution in [0.2, 0.25) is 0 Å². The number of benzene rings is 5. The molecule has 0 bridgehead atoms. The van der Waals surface area contributed by atoms with Gasteiger partial charge in [-0.3, -0.25) is 5.09 Å². The maximum Gasteiger partial charge on any atom is 0.177 e. The van der Waals surface area contributed by atoms with Crippen LogP contribution in [0, 0.1) is 0 Å². The van der Waals surface area contributed by atoms with E-state index in [1.54, 1.807) is 0 Å². The lowest BCUT2D eigenvalue weighted by atomic mass is 9.92. The largest absolute Gasteiger partial charge is 0.361 e. The van der Waals surface area contributed by atoms with Gasteiger partial charge in [0, 0.05) is 30.2 Å². The third-order valence-electron chi connectivity index (χ3n) is 7.25. The summed E-state index contributed by atoms with van der Waals surface area (Å²) < 4.78 is 5.19. The smallest absolute Gasteiger partial charge is 0.177 e. The van der Waals surface area contributed by atoms with Gasteiger partial charge in [0.05, 0.1) is 12.1 Å². The summed E-state index contributed by atoms with van der Waals surface area (Å²) in [6.07, 6.45) is 0. The van der Waals surface area contributed by atoms with E-state index in [1.807, 2.05) is 30.3 Å². The molecular weight excluding hydrogens is 553 g/mol. The van der Waals surface area contributed by atoms with Gasteiger partial charge < -0.3 is 20.0 Å². The molecule has 5 aromatic carbocycles. The maximum absolute atomic E-state index is 5.58. The highest BCUT2D eigenvalue weighted by Gasteiger charge is 2.49. The summed E-state index contributed by atoms with van der Waals surface area (Å²) in [5.41, 5.74) is 5.94. The molecule has 42 heavy (non-hydrogen) atoms. The monoisotopic (exact) mass is 587 g/mol. The van der Waals surface area contributed by atoms with Crippen molar-refractivity contribution in [2.24, 2.45) is 0 Å². The van der Waals surface area contributed by atoms with Crippen LogP contribution < -0.4 is 25.1 Å². The second-order valence-electron chi connectivity index (χ2n) is 10.0. The predicted molar refractivity (Wildman–Crippen MR) is 182 cm³/mol. The first-order valence-electron chi connectivity index (χ1n) is 14.2. The molecule has 1 heterocycles. The number of anilines is 3. The van der Waals surface area contributed by atoms with E-state index in [2.05, 4.69) is 146 Å². The molecule has 1 aliphatic rings. The zero-order chi connectivity index (χ0) is 28.6. The molecule has 0 spiro atoms. The summed E-state index contributed by atoms with van der Waals surface area (Å²) in [6, 6.07) is 53.6. The Morgan fingerprint density at radius 2 is 0.952 bits per heavy atom. The molecule has 1 aliphatic heterocycles. The van der Waals surface area contributed by atoms with Crippen LogP contribution in [0.3, 0.4) is 0 Å². The minimum absolute atomic E-state index is 0.0867. The second-order valence-corrected chi connectivity index (χ2v) is 12.2. The Morgan fingerprint density at radius 1 is 0.548 bits per heavy atom. The first-order chi connectivity index (χ1) is 20.8. The molecule has 0 unspecified atom stereocenters. The lowest BCUT2D eigenvalue weighted by Crippen LogP contribution is -2.36. The average Bonchev–Trinajstić information content (AvgIpc) is 3.40. The van der Waals surface area contributed by atoms with Crippen molar-refractivity contribution < 1.29 is 0 Å². The number of para-hydroxylation sites is 3. The van der Waals surface area contributed by atoms with Gasteiger partial charge in [-0.2, -0.15) is 0 Å². The van der Waals surface area contributed by atoms with E-state index in [4.69, 9.17) is 12.2 Å². The van der Waals surface area contributed by atoms with E-state index in [0.29, 0.717) is 11.7 Å². The molecule has 2 atom stereocenters. The Balaban J connectivity index is 1.36. The minimum atomic E-state index is -1.02. The maximum atomic E-state index is 5.58. The van der Waals surface area contributed by atoms with Crippen molar-refractivity contribution in [2.45, 2.75) is 12.1 Å². The molecule has 1 fully saturated rings. The van der Waals surface area contributed by atoms with Crippen LogP contribution in [-0.4, -0.2) is 18.2 Å². The highest BCUT2D eigenvalue weighted by Crippen LogP contribution is 2.64. The van der Waals surface area contributed by atoms with Crippen LogP contribution in [0.15, 0.2) is 152 Å². The van der Waals surface area contributed by atoms with Gasteiger partial charge in [-0.1, -0.05) is 115 Å². The quantitative estimate of drug-likeness (QED) is 0.0916. The molecule has 1 saturated heterocycles. The van der Waals surface area contributed by atoms with Crippen molar-refractivity contribution >= 4 is 42.8 Å². The molecule has 210 valence electrons. The number of thiocarbonyl (C=S) groups is 1. The van der Waals surface area contributed by atoms with Crippen molar-refractivity contribution in [3.05, 3.63) is 163 Å². The molecule has 0 aliphatic carbocycles. The van der Waals surface area contributed by atoms with Crippen molar-refractivity contribution in [1.82, 2.24) is 10.4 Å². The fourth-order valence-electron chi connectivity index (χ4n) is 5.44. The summed E-state index contributed by atoms with van der Waals surface area (Å²) >= 11 is 5.58. The summed E-state index contributed by atoms with van der Waals surface area (Å²) in [5, 5.41) is 11.2. The highest BCUT2D eigenvalue weighted by atomic mass is 32.1. The molecule has 0 radical (unpaired) electrons. The van der Waals surface area contributed by atoms with Crippen LogP contribution in [-0.2, 0) is 0 Å². The number of hydrogen-bond donors (Lipinski definition) is 3. The van der Waals surface area contributed by atoms with Gasteiger partial charge in [0.25, 0.3) is 0 Å². The Bertz CT molecular complexity index is 1450. The molecule has 3 N–H and O–H groups in total. The lowest BCUT2D eigenvalue weighted by Gasteiger charge is -2.34. The van der Waals surface area contributed by atoms with Crippen molar-refractivity contribution in [3.63, 3.8) is 0 Å². The van der Waals surface area contributed by atoms with E-state index < -0.39 is 8.37 Å². The lowest BCUT2D eigenvalue weighted by molar-refractivity contribution is 0.618. The van der Waals surface area contributed by atoms with Gasteiger partial charge in [-0.15, -0.1) is 0 Å². The van der Waals surface area contributed by atoms with Crippen molar-refractivity contribution in [1.29, 1.82) is 0 Å². The van der Waals surface area contributed by atoms with Crippen LogP contribution in [0.5, 0.6) is 0 Å². The number of nitrogens with zero attached hydrogens (tertiary/aromatic N) is 2. The summed E-state index contributed by atoms with van der Waals surface area (Å²) in [6.45, 7) is 1.42. The Morgan fingerprint density at radius 3 is 1.40 bits per heavy atom. The SMILES string of the molecule is S=C(NCCNP1N(c2ccccc2)[C@H](c2ccccc2)[C@@H](c2ccccc2)N1c1ccccc1)Nc1ccccc1. The van der Waals surface area contributed by atoms with Crippen LogP contribution in [0.1, 0.15) is 23.2 Å². The van der Waals surface area contributed by atoms with Crippen molar-refractivity contribution in [2.75, 3.05) is 27.7 Å². The van der Waals surface area contributed by atoms with Gasteiger partial charge in [-0.25, -0.2) is 0 Å². The Hall–Kier alpha value is -4.22. The first-order valence-corrected chi connectivity index (χ1v) is 15.9. The fourth-order valence-corrected chi connectivity index (χ4v) is 8.18. The zero-order valence-corrected chi connectivity index (χ0v) is 25.0. The topological polar surface area (TPSA) is 42.6 Å². The average molecular weight is 588 g/mol. The fraction of sp³-hybridized carbons (Fsp3) is 0.114. The number of rotatable bonds is 9. The molecule has 5 nitrogen and oxygen atoms in total. The molecule has 7 heteroatoms. The van der Waals surface area contributed by atoms with E-state index in [0.717, 1.165) is 12.2 Å². The second kappa shape index (κ2) is 13.6. The summed E-state index contributed by atoms with van der Waals surface area (Å²) in [4.78, 5) is 0. The molecule has 6 rings (SSSR count). The van der Waals surface area contributed by atoms with Crippen LogP contribution in [0.25, 0.3) is 0 Å². The van der Waals surface area contributed by atoms with Gasteiger partial charge in [0.2, 0.25) is 0 Å². The molecule has 0 saturated carbocycles. The summed E-state index contributed by atoms with van der Waals surface area (Å²) in [7, 11) is -1.02. The number of hydrogen-bond acceptors (Lipinski definition) is 4. The molecule has 0 aromatic heterocycles. The highest BCUT2D eigenvalue weighted by molar-refractivity contribution is 7.80.